The Kier molecular flexibility index (Phi) is 6.20. The first kappa shape index (κ1) is 23.3. The Morgan fingerprint density at radius 3 is 2.50 bits per heavy atom. The van der Waals surface area contributed by atoms with Crippen molar-refractivity contribution in [2.75, 3.05) is 0 Å². The Bertz CT molecular complexity index is 1220. The van der Waals surface area contributed by atoms with E-state index in [2.05, 4.69) is 99.8 Å². The minimum absolute atomic E-state index is 0. The summed E-state index contributed by atoms with van der Waals surface area (Å²) >= 11 is 0. The molecule has 3 aromatic rings. The van der Waals surface area contributed by atoms with E-state index in [4.69, 9.17) is 0 Å². The molecule has 32 heavy (non-hydrogen) atoms. The van der Waals surface area contributed by atoms with Gasteiger partial charge in [0.2, 0.25) is 0 Å². The van der Waals surface area contributed by atoms with Crippen molar-refractivity contribution in [3.63, 3.8) is 0 Å². The fraction of sp³-hybridized carbons (Fsp3) is 0.310. The Morgan fingerprint density at radius 1 is 1.00 bits per heavy atom. The summed E-state index contributed by atoms with van der Waals surface area (Å²) in [6.07, 6.45) is 8.93. The average molecular weight is 431 g/mol. The molecule has 3 aromatic carbocycles. The zero-order valence-corrected chi connectivity index (χ0v) is 21.0. The Labute approximate surface area is 205 Å². The summed E-state index contributed by atoms with van der Waals surface area (Å²) in [5, 5.41) is 16.0. The van der Waals surface area contributed by atoms with Gasteiger partial charge in [-0.3, -0.25) is 0 Å². The summed E-state index contributed by atoms with van der Waals surface area (Å²) in [7, 11) is -2.38. The quantitative estimate of drug-likeness (QED) is 0.564. The second kappa shape index (κ2) is 8.51. The first-order valence-electron chi connectivity index (χ1n) is 11.6. The molecule has 0 bridgehead atoms. The summed E-state index contributed by atoms with van der Waals surface area (Å²) in [6.45, 7) is 9.21. The third-order valence-corrected chi connectivity index (χ3v) is 12.2. The first-order valence-corrected chi connectivity index (χ1v) is 14.7. The van der Waals surface area contributed by atoms with Crippen LogP contribution in [0.4, 0.5) is 0 Å². The predicted molar refractivity (Wildman–Crippen MR) is 133 cm³/mol. The maximum atomic E-state index is 14.7. The van der Waals surface area contributed by atoms with Crippen molar-refractivity contribution in [2.24, 2.45) is 5.92 Å². The third kappa shape index (κ3) is 3.32. The molecule has 0 saturated heterocycles. The molecule has 0 heterocycles. The molecule has 3 heteroatoms. The van der Waals surface area contributed by atoms with Gasteiger partial charge in [0.05, 0.1) is 8.07 Å². The van der Waals surface area contributed by atoms with Crippen LogP contribution < -0.4 is 24.0 Å². The zero-order valence-electron chi connectivity index (χ0n) is 20.0. The van der Waals surface area contributed by atoms with Gasteiger partial charge in [0.15, 0.2) is 0 Å². The SMILES string of the molecule is CCCC(C)C1=CC([Si](C)(C)C2([O-])C=Cc3c2ccc2ccccc32)c2ccccc21.[Li+]. The molecule has 3 unspecified atom stereocenters. The molecule has 3 atom stereocenters. The van der Waals surface area contributed by atoms with Gasteiger partial charge in [0.25, 0.3) is 0 Å². The van der Waals surface area contributed by atoms with Crippen LogP contribution in [0.2, 0.25) is 13.1 Å². The van der Waals surface area contributed by atoms with Gasteiger partial charge in [0, 0.05) is 0 Å². The summed E-state index contributed by atoms with van der Waals surface area (Å²) in [6, 6.07) is 21.5. The minimum Gasteiger partial charge on any atom is -0.845 e. The summed E-state index contributed by atoms with van der Waals surface area (Å²) in [5.74, 6) is 0.527. The summed E-state index contributed by atoms with van der Waals surface area (Å²) in [4.78, 5) is 0. The molecular weight excluding hydrogens is 399 g/mol. The van der Waals surface area contributed by atoms with Crippen LogP contribution in [0.15, 0.2) is 72.8 Å². The molecule has 2 aliphatic rings. The van der Waals surface area contributed by atoms with Gasteiger partial charge >= 0.3 is 18.9 Å². The molecule has 1 nitrogen and oxygen atoms in total. The molecule has 0 N–H and O–H groups in total. The van der Waals surface area contributed by atoms with E-state index >= 15 is 0 Å². The van der Waals surface area contributed by atoms with Gasteiger partial charge in [-0.15, -0.1) is 0 Å². The maximum absolute atomic E-state index is 14.7. The molecule has 0 radical (unpaired) electrons. The van der Waals surface area contributed by atoms with Gasteiger partial charge in [-0.2, -0.15) is 0 Å². The normalized spacial score (nSPS) is 22.3. The number of hydrogen-bond acceptors (Lipinski definition) is 1. The second-order valence-corrected chi connectivity index (χ2v) is 14.7. The minimum atomic E-state index is -2.38. The fourth-order valence-electron chi connectivity index (χ4n) is 5.89. The van der Waals surface area contributed by atoms with Crippen LogP contribution in [-0.2, 0) is 5.22 Å². The van der Waals surface area contributed by atoms with E-state index < -0.39 is 13.3 Å². The van der Waals surface area contributed by atoms with E-state index in [0.717, 1.165) is 11.1 Å². The van der Waals surface area contributed by atoms with E-state index in [-0.39, 0.29) is 24.4 Å². The number of rotatable bonds is 5. The smallest absolute Gasteiger partial charge is 0.845 e. The number of hydrogen-bond donors (Lipinski definition) is 0. The van der Waals surface area contributed by atoms with Crippen molar-refractivity contribution in [2.45, 2.75) is 50.5 Å². The second-order valence-electron chi connectivity index (χ2n) is 9.92. The van der Waals surface area contributed by atoms with Crippen LogP contribution in [0, 0.1) is 5.92 Å². The monoisotopic (exact) mass is 430 g/mol. The molecular formula is C29H31LiOSi. The van der Waals surface area contributed by atoms with Crippen LogP contribution in [0.5, 0.6) is 0 Å². The van der Waals surface area contributed by atoms with Crippen molar-refractivity contribution in [3.05, 3.63) is 95.1 Å². The average Bonchev–Trinajstić information content (AvgIpc) is 3.34. The van der Waals surface area contributed by atoms with Crippen molar-refractivity contribution < 1.29 is 24.0 Å². The van der Waals surface area contributed by atoms with Crippen molar-refractivity contribution in [3.8, 4) is 0 Å². The fourth-order valence-corrected chi connectivity index (χ4v) is 9.40. The topological polar surface area (TPSA) is 23.1 Å². The van der Waals surface area contributed by atoms with E-state index in [1.807, 2.05) is 6.08 Å². The van der Waals surface area contributed by atoms with Gasteiger partial charge in [-0.25, -0.2) is 0 Å². The molecule has 0 aliphatic heterocycles. The van der Waals surface area contributed by atoms with Crippen LogP contribution in [0.25, 0.3) is 22.4 Å². The van der Waals surface area contributed by atoms with Crippen LogP contribution in [0.1, 0.15) is 54.5 Å². The van der Waals surface area contributed by atoms with E-state index in [1.54, 1.807) is 0 Å². The Morgan fingerprint density at radius 2 is 1.72 bits per heavy atom. The van der Waals surface area contributed by atoms with E-state index in [0.29, 0.717) is 5.92 Å². The number of allylic oxidation sites excluding steroid dienone is 2. The third-order valence-electron chi connectivity index (χ3n) is 7.80. The molecule has 0 saturated carbocycles. The van der Waals surface area contributed by atoms with Crippen LogP contribution in [-0.4, -0.2) is 8.07 Å². The van der Waals surface area contributed by atoms with Gasteiger partial charge in [-0.1, -0.05) is 117 Å². The van der Waals surface area contributed by atoms with Gasteiger partial charge < -0.3 is 5.11 Å². The number of benzene rings is 3. The maximum Gasteiger partial charge on any atom is 1.00 e. The number of fused-ring (bicyclic) bond motifs is 4. The standard InChI is InChI=1S/C29H31OSi.Li/c1-5-10-20(2)26-19-28(25-14-9-8-13-23(25)26)31(3,4)29(30)18-17-24-22-12-7-6-11-21(22)15-16-27(24)29;/h6-9,11-20,28H,5,10H2,1-4H3;/q-1;+1. The van der Waals surface area contributed by atoms with Crippen LogP contribution >= 0.6 is 0 Å². The zero-order chi connectivity index (χ0) is 21.8. The Balaban J connectivity index is 0.00000245. The molecule has 2 aliphatic carbocycles. The van der Waals surface area contributed by atoms with E-state index in [9.17, 15) is 5.11 Å². The molecule has 5 rings (SSSR count). The van der Waals surface area contributed by atoms with Crippen molar-refractivity contribution in [1.29, 1.82) is 0 Å². The Hall–Kier alpha value is -1.83. The summed E-state index contributed by atoms with van der Waals surface area (Å²) in [5.41, 5.74) is 6.53. The molecule has 158 valence electrons. The van der Waals surface area contributed by atoms with Crippen molar-refractivity contribution >= 4 is 30.5 Å². The van der Waals surface area contributed by atoms with Gasteiger partial charge in [0.1, 0.15) is 0 Å². The molecule has 0 spiro atoms. The van der Waals surface area contributed by atoms with Gasteiger partial charge in [-0.05, 0) is 56.5 Å². The van der Waals surface area contributed by atoms with Crippen LogP contribution in [0.3, 0.4) is 0 Å². The van der Waals surface area contributed by atoms with E-state index in [1.165, 1.54) is 40.3 Å². The largest absolute Gasteiger partial charge is 1.00 e. The first-order chi connectivity index (χ1) is 14.9. The summed E-state index contributed by atoms with van der Waals surface area (Å²) < 4.78 is 0. The molecule has 0 aromatic heterocycles. The predicted octanol–water partition coefficient (Wildman–Crippen LogP) is 3.83. The molecule has 0 fully saturated rings. The molecule has 0 amide bonds. The van der Waals surface area contributed by atoms with Crippen molar-refractivity contribution in [1.82, 2.24) is 0 Å².